The van der Waals surface area contributed by atoms with Crippen molar-refractivity contribution in [1.82, 2.24) is 25.7 Å². The van der Waals surface area contributed by atoms with E-state index in [0.717, 1.165) is 37.8 Å². The minimum atomic E-state index is -1.11. The quantitative estimate of drug-likeness (QED) is 0.0919. The number of H-pyrrole nitrogens is 1. The van der Waals surface area contributed by atoms with Gasteiger partial charge in [-0.2, -0.15) is 5.10 Å². The Bertz CT molecular complexity index is 2160. The number of alkyl carbamates (subject to hydrolysis) is 2. The Morgan fingerprint density at radius 1 is 0.806 bits per heavy atom. The maximum absolute atomic E-state index is 13.9. The van der Waals surface area contributed by atoms with Crippen LogP contribution in [0.2, 0.25) is 10.0 Å². The SMILES string of the molecule is COC(OC)C(=O)/C(Cc1cc(F)ccc1Cl)=C(\SC)N1CCC[C@@H](NC(=O)OC(C)(C)C)C1.COC(OC)c1[nH]nc(N2CCC[C@@H](NC(=O)OC(C)(C)C)C2)c1Cc1cc(F)ccc1Cl. The van der Waals surface area contributed by atoms with Gasteiger partial charge in [-0.05, 0) is 121 Å². The molecule has 5 rings (SSSR count). The highest BCUT2D eigenvalue weighted by Gasteiger charge is 2.33. The molecule has 0 aliphatic carbocycles. The lowest BCUT2D eigenvalue weighted by Crippen LogP contribution is -2.49. The zero-order valence-electron chi connectivity index (χ0n) is 40.3. The van der Waals surface area contributed by atoms with Gasteiger partial charge >= 0.3 is 12.2 Å². The van der Waals surface area contributed by atoms with Crippen molar-refractivity contribution < 1.29 is 51.6 Å². The van der Waals surface area contributed by atoms with Crippen LogP contribution in [0, 0.1) is 11.6 Å². The number of likely N-dealkylation sites (tertiary alicyclic amines) is 1. The largest absolute Gasteiger partial charge is 0.444 e. The zero-order valence-corrected chi connectivity index (χ0v) is 42.6. The Labute approximate surface area is 407 Å². The summed E-state index contributed by atoms with van der Waals surface area (Å²) in [5, 5.41) is 15.0. The molecule has 67 heavy (non-hydrogen) atoms. The van der Waals surface area contributed by atoms with Gasteiger partial charge in [0.15, 0.2) is 12.1 Å². The third kappa shape index (κ3) is 16.8. The first-order valence-corrected chi connectivity index (χ1v) is 23.9. The van der Waals surface area contributed by atoms with Crippen molar-refractivity contribution in [2.24, 2.45) is 0 Å². The van der Waals surface area contributed by atoms with Crippen molar-refractivity contribution in [3.05, 3.63) is 91.1 Å². The molecule has 372 valence electrons. The van der Waals surface area contributed by atoms with Crippen LogP contribution in [0.25, 0.3) is 0 Å². The number of aromatic nitrogens is 2. The lowest BCUT2D eigenvalue weighted by atomic mass is 10.00. The van der Waals surface area contributed by atoms with E-state index in [-0.39, 0.29) is 30.1 Å². The Balaban J connectivity index is 0.000000293. The number of rotatable bonds is 16. The first-order valence-electron chi connectivity index (χ1n) is 22.0. The molecule has 0 unspecified atom stereocenters. The van der Waals surface area contributed by atoms with Crippen LogP contribution in [0.15, 0.2) is 47.0 Å². The number of nitrogens with one attached hydrogen (secondary N) is 3. The number of anilines is 1. The van der Waals surface area contributed by atoms with Gasteiger partial charge in [0.2, 0.25) is 12.1 Å². The number of nitrogens with zero attached hydrogens (tertiary/aromatic N) is 3. The van der Waals surface area contributed by atoms with Crippen LogP contribution in [0.3, 0.4) is 0 Å². The number of hydrogen-bond donors (Lipinski definition) is 3. The van der Waals surface area contributed by atoms with E-state index in [1.165, 1.54) is 76.6 Å². The number of Topliss-reactive ketones (excluding diaryl/α,β-unsaturated/α-hetero) is 1. The Morgan fingerprint density at radius 2 is 1.33 bits per heavy atom. The van der Waals surface area contributed by atoms with E-state index in [1.54, 1.807) is 0 Å². The summed E-state index contributed by atoms with van der Waals surface area (Å²) in [7, 11) is 5.85. The minimum absolute atomic E-state index is 0.0972. The fourth-order valence-corrected chi connectivity index (χ4v) is 8.96. The van der Waals surface area contributed by atoms with Crippen LogP contribution in [-0.2, 0) is 46.1 Å². The highest BCUT2D eigenvalue weighted by Crippen LogP contribution is 2.34. The smallest absolute Gasteiger partial charge is 0.407 e. The Morgan fingerprint density at radius 3 is 1.85 bits per heavy atom. The highest BCUT2D eigenvalue weighted by molar-refractivity contribution is 8.02. The second-order valence-corrected chi connectivity index (χ2v) is 19.7. The van der Waals surface area contributed by atoms with Gasteiger partial charge in [0.05, 0.1) is 10.7 Å². The van der Waals surface area contributed by atoms with Crippen LogP contribution in [0.1, 0.15) is 95.9 Å². The summed E-state index contributed by atoms with van der Waals surface area (Å²) >= 11 is 14.1. The van der Waals surface area contributed by atoms with E-state index < -0.39 is 41.8 Å². The number of amides is 2. The van der Waals surface area contributed by atoms with Crippen molar-refractivity contribution in [1.29, 1.82) is 0 Å². The molecular formula is C47H66Cl2F2N6O9S. The van der Waals surface area contributed by atoms with Crippen LogP contribution < -0.4 is 15.5 Å². The molecule has 20 heteroatoms. The molecule has 15 nitrogen and oxygen atoms in total. The van der Waals surface area contributed by atoms with Crippen molar-refractivity contribution in [2.45, 2.75) is 116 Å². The molecule has 2 amide bonds. The maximum Gasteiger partial charge on any atom is 0.407 e. The predicted molar refractivity (Wildman–Crippen MR) is 257 cm³/mol. The summed E-state index contributed by atoms with van der Waals surface area (Å²) in [6, 6.07) is 8.10. The number of ether oxygens (including phenoxy) is 6. The third-order valence-electron chi connectivity index (χ3n) is 10.6. The molecule has 0 spiro atoms. The normalized spacial score (nSPS) is 17.1. The molecule has 2 aromatic carbocycles. The predicted octanol–water partition coefficient (Wildman–Crippen LogP) is 9.35. The first kappa shape index (κ1) is 55.4. The molecule has 0 radical (unpaired) electrons. The zero-order chi connectivity index (χ0) is 49.6. The molecule has 3 N–H and O–H groups in total. The number of ketones is 1. The van der Waals surface area contributed by atoms with Gasteiger partial charge in [-0.1, -0.05) is 23.2 Å². The molecule has 2 aliphatic heterocycles. The van der Waals surface area contributed by atoms with E-state index in [9.17, 15) is 23.2 Å². The van der Waals surface area contributed by atoms with E-state index in [0.29, 0.717) is 69.3 Å². The van der Waals surface area contributed by atoms with Crippen LogP contribution in [0.4, 0.5) is 24.2 Å². The number of carbonyl (C=O) groups excluding carboxylic acids is 3. The topological polar surface area (TPSA) is 166 Å². The van der Waals surface area contributed by atoms with Crippen LogP contribution in [-0.4, -0.2) is 124 Å². The Kier molecular flexibility index (Phi) is 21.0. The number of hydrogen-bond acceptors (Lipinski definition) is 13. The average Bonchev–Trinajstić information content (AvgIpc) is 3.66. The summed E-state index contributed by atoms with van der Waals surface area (Å²) in [5.74, 6) is -0.473. The summed E-state index contributed by atoms with van der Waals surface area (Å²) in [6.45, 7) is 13.4. The van der Waals surface area contributed by atoms with Gasteiger partial charge < -0.3 is 48.9 Å². The molecule has 0 saturated carbocycles. The third-order valence-corrected chi connectivity index (χ3v) is 12.2. The van der Waals surface area contributed by atoms with Crippen molar-refractivity contribution in [3.63, 3.8) is 0 Å². The monoisotopic (exact) mass is 998 g/mol. The molecule has 3 heterocycles. The lowest BCUT2D eigenvalue weighted by molar-refractivity contribution is -0.152. The van der Waals surface area contributed by atoms with Crippen molar-refractivity contribution in [3.8, 4) is 0 Å². The molecule has 2 saturated heterocycles. The molecule has 2 aliphatic rings. The molecule has 2 fully saturated rings. The number of carbonyl (C=O) groups is 3. The van der Waals surface area contributed by atoms with Gasteiger partial charge in [-0.3, -0.25) is 9.89 Å². The summed E-state index contributed by atoms with van der Waals surface area (Å²) < 4.78 is 60.0. The molecule has 0 bridgehead atoms. The molecule has 2 atom stereocenters. The van der Waals surface area contributed by atoms with Crippen LogP contribution >= 0.6 is 35.0 Å². The van der Waals surface area contributed by atoms with Gasteiger partial charge in [-0.15, -0.1) is 11.8 Å². The second-order valence-electron chi connectivity index (χ2n) is 18.1. The van der Waals surface area contributed by atoms with E-state index in [2.05, 4.69) is 30.6 Å². The fraction of sp³-hybridized carbons (Fsp3) is 0.574. The van der Waals surface area contributed by atoms with Gasteiger partial charge in [-0.25, -0.2) is 18.4 Å². The van der Waals surface area contributed by atoms with Gasteiger partial charge in [0.1, 0.15) is 22.8 Å². The average molecular weight is 1000 g/mol. The summed E-state index contributed by atoms with van der Waals surface area (Å²) in [6.07, 6.45) is 2.90. The number of piperidine rings is 2. The molecular weight excluding hydrogens is 934 g/mol. The van der Waals surface area contributed by atoms with E-state index >= 15 is 0 Å². The highest BCUT2D eigenvalue weighted by atomic mass is 35.5. The van der Waals surface area contributed by atoms with Gasteiger partial charge in [0, 0.05) is 101 Å². The maximum atomic E-state index is 13.9. The molecule has 3 aromatic rings. The number of aromatic amines is 1. The lowest BCUT2D eigenvalue weighted by Gasteiger charge is -2.37. The minimum Gasteiger partial charge on any atom is -0.444 e. The number of benzene rings is 2. The second kappa shape index (κ2) is 25.4. The fourth-order valence-electron chi connectivity index (χ4n) is 7.75. The van der Waals surface area contributed by atoms with E-state index in [4.69, 9.17) is 51.6 Å². The summed E-state index contributed by atoms with van der Waals surface area (Å²) in [4.78, 5) is 42.1. The van der Waals surface area contributed by atoms with E-state index in [1.807, 2.05) is 47.8 Å². The Hall–Kier alpha value is -4.17. The number of methoxy groups -OCH3 is 4. The summed E-state index contributed by atoms with van der Waals surface area (Å²) in [5.41, 5.74) is 1.80. The first-order chi connectivity index (χ1) is 31.6. The van der Waals surface area contributed by atoms with Crippen molar-refractivity contribution >= 4 is 58.8 Å². The standard InChI is InChI=1S/C24H34ClFN2O5S.C23H32ClFN4O4/c1-24(2,3)33-23(30)27-17-8-7-11-28(14-17)21(34-6)18(20(29)22(31-4)32-5)13-15-12-16(26)9-10-19(15)25;1-23(2,3)33-22(30)26-16-7-6-10-29(13-16)20-17(19(27-28-20)21(31-4)32-5)12-14-11-15(25)8-9-18(14)24/h9-10,12,17,22H,7-8,11,13-14H2,1-6H3,(H,27,30);8-9,11,16,21H,6-7,10,12-13H2,1-5H3,(H,26,30)(H,27,28)/b21-18-;/t17-;16-/m11/s1. The number of thioether (sulfide) groups is 1. The molecule has 1 aromatic heterocycles. The number of halogens is 4. The van der Waals surface area contributed by atoms with Gasteiger partial charge in [0.25, 0.3) is 0 Å². The van der Waals surface area contributed by atoms with Crippen molar-refractivity contribution in [2.75, 3.05) is 65.8 Å². The van der Waals surface area contributed by atoms with Crippen LogP contribution in [0.5, 0.6) is 0 Å².